The average Bonchev–Trinajstić information content (AvgIpc) is 2.13. The second kappa shape index (κ2) is 3.54. The van der Waals surface area contributed by atoms with Gasteiger partial charge in [-0.3, -0.25) is 4.79 Å². The lowest BCUT2D eigenvalue weighted by Crippen LogP contribution is -2.57. The number of hydrogen-bond acceptors (Lipinski definition) is 3. The van der Waals surface area contributed by atoms with E-state index in [1.807, 2.05) is 0 Å². The van der Waals surface area contributed by atoms with Crippen LogP contribution < -0.4 is 5.32 Å². The molecule has 1 spiro atoms. The molecule has 1 N–H and O–H groups in total. The standard InChI is InChI=1S/C11H19NO2/c1-8-6-12-7-9(10(13)14-2)11(8)4-3-5-11/h8-9,12H,3-7H2,1-2H3. The fraction of sp³-hybridized carbons (Fsp3) is 0.909. The van der Waals surface area contributed by atoms with Crippen molar-refractivity contribution in [3.05, 3.63) is 0 Å². The van der Waals surface area contributed by atoms with E-state index in [0.717, 1.165) is 13.1 Å². The van der Waals surface area contributed by atoms with Gasteiger partial charge in [0.2, 0.25) is 0 Å². The molecule has 2 rings (SSSR count). The Bertz CT molecular complexity index is 235. The minimum Gasteiger partial charge on any atom is -0.469 e. The van der Waals surface area contributed by atoms with Crippen LogP contribution in [0.4, 0.5) is 0 Å². The molecular formula is C11H19NO2. The molecule has 1 heterocycles. The lowest BCUT2D eigenvalue weighted by atomic mass is 9.53. The first-order chi connectivity index (χ1) is 6.70. The quantitative estimate of drug-likeness (QED) is 0.642. The second-order valence-corrected chi connectivity index (χ2v) is 4.72. The third-order valence-electron chi connectivity index (χ3n) is 4.24. The summed E-state index contributed by atoms with van der Waals surface area (Å²) >= 11 is 0. The predicted octanol–water partition coefficient (Wildman–Crippen LogP) is 1.19. The molecular weight excluding hydrogens is 178 g/mol. The van der Waals surface area contributed by atoms with Gasteiger partial charge in [-0.15, -0.1) is 0 Å². The first-order valence-corrected chi connectivity index (χ1v) is 5.49. The van der Waals surface area contributed by atoms with Gasteiger partial charge >= 0.3 is 5.97 Å². The molecule has 1 aliphatic carbocycles. The van der Waals surface area contributed by atoms with Crippen molar-refractivity contribution >= 4 is 5.97 Å². The summed E-state index contributed by atoms with van der Waals surface area (Å²) in [4.78, 5) is 11.7. The van der Waals surface area contributed by atoms with Crippen LogP contribution in [0.25, 0.3) is 0 Å². The molecule has 1 aliphatic heterocycles. The number of rotatable bonds is 1. The Balaban J connectivity index is 2.17. The van der Waals surface area contributed by atoms with Crippen molar-refractivity contribution < 1.29 is 9.53 Å². The monoisotopic (exact) mass is 197 g/mol. The van der Waals surface area contributed by atoms with E-state index in [1.165, 1.54) is 26.4 Å². The van der Waals surface area contributed by atoms with Crippen LogP contribution >= 0.6 is 0 Å². The molecule has 80 valence electrons. The molecule has 2 aliphatic rings. The van der Waals surface area contributed by atoms with Crippen LogP contribution in [-0.4, -0.2) is 26.2 Å². The maximum absolute atomic E-state index is 11.7. The number of hydrogen-bond donors (Lipinski definition) is 1. The Kier molecular flexibility index (Phi) is 2.52. The van der Waals surface area contributed by atoms with E-state index >= 15 is 0 Å². The summed E-state index contributed by atoms with van der Waals surface area (Å²) < 4.78 is 4.89. The van der Waals surface area contributed by atoms with E-state index in [1.54, 1.807) is 0 Å². The topological polar surface area (TPSA) is 38.3 Å². The largest absolute Gasteiger partial charge is 0.469 e. The highest BCUT2D eigenvalue weighted by Crippen LogP contribution is 2.54. The molecule has 0 radical (unpaired) electrons. The molecule has 2 unspecified atom stereocenters. The van der Waals surface area contributed by atoms with Gasteiger partial charge in [0.15, 0.2) is 0 Å². The highest BCUT2D eigenvalue weighted by molar-refractivity contribution is 5.74. The van der Waals surface area contributed by atoms with E-state index in [4.69, 9.17) is 4.74 Å². The zero-order valence-electron chi connectivity index (χ0n) is 9.01. The summed E-state index contributed by atoms with van der Waals surface area (Å²) in [5, 5.41) is 3.32. The van der Waals surface area contributed by atoms with Crippen LogP contribution in [0.5, 0.6) is 0 Å². The van der Waals surface area contributed by atoms with Crippen LogP contribution in [0.15, 0.2) is 0 Å². The highest BCUT2D eigenvalue weighted by Gasteiger charge is 2.52. The molecule has 0 aromatic carbocycles. The first kappa shape index (κ1) is 9.97. The number of ether oxygens (including phenoxy) is 1. The fourth-order valence-corrected chi connectivity index (χ4v) is 3.08. The Labute approximate surface area is 85.2 Å². The minimum atomic E-state index is -0.0243. The van der Waals surface area contributed by atoms with Gasteiger partial charge in [0.1, 0.15) is 0 Å². The number of esters is 1. The minimum absolute atomic E-state index is 0.0243. The van der Waals surface area contributed by atoms with Gasteiger partial charge in [-0.1, -0.05) is 13.3 Å². The van der Waals surface area contributed by atoms with Crippen molar-refractivity contribution in [1.29, 1.82) is 0 Å². The van der Waals surface area contributed by atoms with Gasteiger partial charge in [-0.05, 0) is 30.7 Å². The highest BCUT2D eigenvalue weighted by atomic mass is 16.5. The maximum Gasteiger partial charge on any atom is 0.310 e. The van der Waals surface area contributed by atoms with Crippen molar-refractivity contribution in [2.24, 2.45) is 17.3 Å². The van der Waals surface area contributed by atoms with Crippen molar-refractivity contribution in [3.63, 3.8) is 0 Å². The van der Waals surface area contributed by atoms with Crippen LogP contribution in [-0.2, 0) is 9.53 Å². The van der Waals surface area contributed by atoms with E-state index in [0.29, 0.717) is 5.92 Å². The van der Waals surface area contributed by atoms with Crippen LogP contribution in [0.3, 0.4) is 0 Å². The van der Waals surface area contributed by atoms with E-state index < -0.39 is 0 Å². The van der Waals surface area contributed by atoms with Crippen molar-refractivity contribution in [2.45, 2.75) is 26.2 Å². The number of methoxy groups -OCH3 is 1. The van der Waals surface area contributed by atoms with Crippen LogP contribution in [0.2, 0.25) is 0 Å². The molecule has 0 aromatic heterocycles. The van der Waals surface area contributed by atoms with Gasteiger partial charge < -0.3 is 10.1 Å². The number of carbonyl (C=O) groups is 1. The maximum atomic E-state index is 11.7. The van der Waals surface area contributed by atoms with Gasteiger partial charge in [0, 0.05) is 6.54 Å². The van der Waals surface area contributed by atoms with Crippen LogP contribution in [0.1, 0.15) is 26.2 Å². The fourth-order valence-electron chi connectivity index (χ4n) is 3.08. The third-order valence-corrected chi connectivity index (χ3v) is 4.24. The number of carbonyl (C=O) groups excluding carboxylic acids is 1. The zero-order chi connectivity index (χ0) is 10.2. The Morgan fingerprint density at radius 2 is 2.14 bits per heavy atom. The molecule has 0 amide bonds. The van der Waals surface area contributed by atoms with E-state index in [9.17, 15) is 4.79 Å². The van der Waals surface area contributed by atoms with Crippen LogP contribution in [0, 0.1) is 17.3 Å². The van der Waals surface area contributed by atoms with E-state index in [2.05, 4.69) is 12.2 Å². The Hall–Kier alpha value is -0.570. The predicted molar refractivity (Wildman–Crippen MR) is 53.8 cm³/mol. The first-order valence-electron chi connectivity index (χ1n) is 5.49. The summed E-state index contributed by atoms with van der Waals surface area (Å²) in [7, 11) is 1.49. The van der Waals surface area contributed by atoms with Gasteiger partial charge in [-0.2, -0.15) is 0 Å². The Morgan fingerprint density at radius 1 is 1.43 bits per heavy atom. The zero-order valence-corrected chi connectivity index (χ0v) is 9.01. The summed E-state index contributed by atoms with van der Waals surface area (Å²) in [5.74, 6) is 0.669. The molecule has 14 heavy (non-hydrogen) atoms. The summed E-state index contributed by atoms with van der Waals surface area (Å²) in [6.45, 7) is 4.10. The summed E-state index contributed by atoms with van der Waals surface area (Å²) in [5.41, 5.74) is 0.262. The number of piperidine rings is 1. The van der Waals surface area contributed by atoms with Crippen molar-refractivity contribution in [1.82, 2.24) is 5.32 Å². The molecule has 0 bridgehead atoms. The molecule has 2 fully saturated rings. The lowest BCUT2D eigenvalue weighted by Gasteiger charge is -2.53. The average molecular weight is 197 g/mol. The summed E-state index contributed by atoms with van der Waals surface area (Å²) in [6.07, 6.45) is 3.68. The van der Waals surface area contributed by atoms with Crippen molar-refractivity contribution in [2.75, 3.05) is 20.2 Å². The molecule has 3 nitrogen and oxygen atoms in total. The molecule has 1 saturated carbocycles. The molecule has 3 heteroatoms. The summed E-state index contributed by atoms with van der Waals surface area (Å²) in [6, 6.07) is 0. The smallest absolute Gasteiger partial charge is 0.310 e. The number of nitrogens with one attached hydrogen (secondary N) is 1. The van der Waals surface area contributed by atoms with Gasteiger partial charge in [0.25, 0.3) is 0 Å². The second-order valence-electron chi connectivity index (χ2n) is 4.72. The van der Waals surface area contributed by atoms with Gasteiger partial charge in [0.05, 0.1) is 13.0 Å². The molecule has 0 aromatic rings. The normalized spacial score (nSPS) is 35.0. The molecule has 1 saturated heterocycles. The SMILES string of the molecule is COC(=O)C1CNCC(C)C12CCC2. The van der Waals surface area contributed by atoms with Gasteiger partial charge in [-0.25, -0.2) is 0 Å². The Morgan fingerprint density at radius 3 is 2.64 bits per heavy atom. The lowest BCUT2D eigenvalue weighted by molar-refractivity contribution is -0.159. The van der Waals surface area contributed by atoms with E-state index in [-0.39, 0.29) is 17.3 Å². The third kappa shape index (κ3) is 1.26. The van der Waals surface area contributed by atoms with Crippen molar-refractivity contribution in [3.8, 4) is 0 Å². The molecule has 2 atom stereocenters.